The Balaban J connectivity index is 0.00000361. The van der Waals surface area contributed by atoms with E-state index in [4.69, 9.17) is 0 Å². The average molecular weight is 328 g/mol. The molecule has 20 heavy (non-hydrogen) atoms. The fourth-order valence-electron chi connectivity index (χ4n) is 1.81. The van der Waals surface area contributed by atoms with Crippen LogP contribution in [0, 0.1) is 13.8 Å². The first-order valence-electron chi connectivity index (χ1n) is 5.61. The molecule has 1 rings (SSSR count). The second-order valence-corrected chi connectivity index (χ2v) is 9.39. The van der Waals surface area contributed by atoms with E-state index in [9.17, 15) is 21.4 Å². The first kappa shape index (κ1) is 20.1. The van der Waals surface area contributed by atoms with Gasteiger partial charge in [0.25, 0.3) is 0 Å². The summed E-state index contributed by atoms with van der Waals surface area (Å²) >= 11 is 0. The molecule has 8 heteroatoms. The molecule has 0 amide bonds. The molecule has 0 aliphatic heterocycles. The van der Waals surface area contributed by atoms with Crippen LogP contribution in [0.2, 0.25) is 0 Å². The van der Waals surface area contributed by atoms with Crippen LogP contribution in [0.5, 0.6) is 0 Å². The molecule has 0 aliphatic rings. The smallest absolute Gasteiger partial charge is 0.744 e. The fraction of sp³-hybridized carbons (Fsp3) is 0.500. The van der Waals surface area contributed by atoms with Crippen LogP contribution in [0.25, 0.3) is 0 Å². The van der Waals surface area contributed by atoms with Gasteiger partial charge in [0.05, 0.1) is 14.5 Å². The molecule has 0 saturated carbocycles. The van der Waals surface area contributed by atoms with Gasteiger partial charge in [0, 0.05) is 0 Å². The third-order valence-electron chi connectivity index (χ3n) is 2.90. The van der Waals surface area contributed by atoms with Gasteiger partial charge >= 0.3 is 29.6 Å². The molecule has 108 valence electrons. The van der Waals surface area contributed by atoms with Crippen LogP contribution in [-0.2, 0) is 20.0 Å². The fourth-order valence-corrected chi connectivity index (χ4v) is 4.24. The van der Waals surface area contributed by atoms with E-state index >= 15 is 0 Å². The van der Waals surface area contributed by atoms with Crippen molar-refractivity contribution in [2.45, 2.75) is 49.2 Å². The summed E-state index contributed by atoms with van der Waals surface area (Å²) in [5.41, 5.74) is 0.241. The van der Waals surface area contributed by atoms with Gasteiger partial charge in [0.15, 0.2) is 9.84 Å². The van der Waals surface area contributed by atoms with Crippen LogP contribution >= 0.6 is 0 Å². The summed E-state index contributed by atoms with van der Waals surface area (Å²) in [4.78, 5) is -0.558. The third-order valence-corrected chi connectivity index (χ3v) is 6.66. The number of hydrogen-bond acceptors (Lipinski definition) is 5. The van der Waals surface area contributed by atoms with Crippen molar-refractivity contribution in [3.8, 4) is 0 Å². The first-order valence-corrected chi connectivity index (χ1v) is 8.50. The minimum Gasteiger partial charge on any atom is -0.744 e. The zero-order valence-corrected chi connectivity index (χ0v) is 16.1. The van der Waals surface area contributed by atoms with Crippen molar-refractivity contribution in [2.75, 3.05) is 0 Å². The predicted molar refractivity (Wildman–Crippen MR) is 70.8 cm³/mol. The van der Waals surface area contributed by atoms with Crippen molar-refractivity contribution in [3.05, 3.63) is 23.3 Å². The van der Waals surface area contributed by atoms with E-state index in [0.29, 0.717) is 0 Å². The summed E-state index contributed by atoms with van der Waals surface area (Å²) in [6, 6.07) is 2.69. The molecule has 0 unspecified atom stereocenters. The topological polar surface area (TPSA) is 91.3 Å². The molecule has 1 aromatic rings. The van der Waals surface area contributed by atoms with Crippen LogP contribution in [0.3, 0.4) is 0 Å². The van der Waals surface area contributed by atoms with E-state index in [-0.39, 0.29) is 45.6 Å². The molecule has 0 bridgehead atoms. The molecule has 0 aliphatic carbocycles. The number of hydrogen-bond donors (Lipinski definition) is 0. The van der Waals surface area contributed by atoms with Crippen LogP contribution in [0.15, 0.2) is 21.9 Å². The molecule has 0 aromatic heterocycles. The zero-order chi connectivity index (χ0) is 15.2. The van der Waals surface area contributed by atoms with Gasteiger partial charge < -0.3 is 4.55 Å². The maximum atomic E-state index is 12.4. The Hall–Kier alpha value is 0.0800. The summed E-state index contributed by atoms with van der Waals surface area (Å²) in [5, 5.41) is 0. The normalized spacial score (nSPS) is 12.9. The van der Waals surface area contributed by atoms with Crippen molar-refractivity contribution in [1.82, 2.24) is 0 Å². The van der Waals surface area contributed by atoms with Crippen molar-refractivity contribution < 1.29 is 50.9 Å². The summed E-state index contributed by atoms with van der Waals surface area (Å²) in [6.07, 6.45) is 0. The number of sulfone groups is 1. The largest absolute Gasteiger partial charge is 1.00 e. The van der Waals surface area contributed by atoms with Crippen LogP contribution < -0.4 is 29.6 Å². The number of benzene rings is 1. The van der Waals surface area contributed by atoms with E-state index in [1.54, 1.807) is 0 Å². The van der Waals surface area contributed by atoms with E-state index in [1.807, 2.05) is 0 Å². The molecule has 1 aromatic carbocycles. The molecule has 0 spiro atoms. The summed E-state index contributed by atoms with van der Waals surface area (Å²) in [7, 11) is -8.42. The van der Waals surface area contributed by atoms with E-state index in [0.717, 1.165) is 0 Å². The molecule has 0 fully saturated rings. The van der Waals surface area contributed by atoms with Gasteiger partial charge in [-0.25, -0.2) is 16.8 Å². The first-order chi connectivity index (χ1) is 8.30. The molecule has 0 atom stereocenters. The van der Waals surface area contributed by atoms with Crippen LogP contribution in [-0.4, -0.2) is 26.1 Å². The molecule has 0 N–H and O–H groups in total. The molecule has 0 saturated heterocycles. The Morgan fingerprint density at radius 2 is 1.45 bits per heavy atom. The molecule has 0 heterocycles. The number of aryl methyl sites for hydroxylation is 1. The Kier molecular flexibility index (Phi) is 6.08. The van der Waals surface area contributed by atoms with E-state index in [1.165, 1.54) is 46.8 Å². The molecule has 0 radical (unpaired) electrons. The standard InChI is InChI=1S/C12H18O5S2.Na/c1-8-6-7-10(18(13,14)12(3,4)5)9(2)11(8)19(15,16)17;/h6-7H,1-5H3,(H,15,16,17);/q;+1/p-1. The van der Waals surface area contributed by atoms with Gasteiger partial charge in [0.1, 0.15) is 10.1 Å². The van der Waals surface area contributed by atoms with Gasteiger partial charge in [-0.15, -0.1) is 0 Å². The van der Waals surface area contributed by atoms with Crippen molar-refractivity contribution in [1.29, 1.82) is 0 Å². The van der Waals surface area contributed by atoms with Crippen LogP contribution in [0.4, 0.5) is 0 Å². The second kappa shape index (κ2) is 6.06. The van der Waals surface area contributed by atoms with Gasteiger partial charge in [-0.1, -0.05) is 6.07 Å². The Morgan fingerprint density at radius 3 is 1.80 bits per heavy atom. The van der Waals surface area contributed by atoms with E-state index < -0.39 is 29.6 Å². The predicted octanol–water partition coefficient (Wildman–Crippen LogP) is -1.22. The van der Waals surface area contributed by atoms with Crippen LogP contribution in [0.1, 0.15) is 31.9 Å². The zero-order valence-electron chi connectivity index (χ0n) is 12.5. The average Bonchev–Trinajstić information content (AvgIpc) is 2.12. The monoisotopic (exact) mass is 328 g/mol. The SMILES string of the molecule is Cc1ccc(S(=O)(=O)C(C)(C)C)c(C)c1S(=O)(=O)[O-].[Na+]. The summed E-state index contributed by atoms with van der Waals surface area (Å²) in [5.74, 6) is 0. The van der Waals surface area contributed by atoms with Gasteiger partial charge in [-0.05, 0) is 51.8 Å². The maximum absolute atomic E-state index is 12.4. The minimum absolute atomic E-state index is 0. The summed E-state index contributed by atoms with van der Waals surface area (Å²) < 4.78 is 57.4. The van der Waals surface area contributed by atoms with Gasteiger partial charge in [-0.3, -0.25) is 0 Å². The van der Waals surface area contributed by atoms with Crippen molar-refractivity contribution >= 4 is 20.0 Å². The molecular formula is C12H17NaO5S2. The Labute approximate surface area is 142 Å². The number of rotatable bonds is 2. The van der Waals surface area contributed by atoms with Gasteiger partial charge in [0.2, 0.25) is 0 Å². The Morgan fingerprint density at radius 1 is 1.00 bits per heavy atom. The summed E-state index contributed by atoms with van der Waals surface area (Å²) in [6.45, 7) is 7.37. The molecule has 5 nitrogen and oxygen atoms in total. The van der Waals surface area contributed by atoms with E-state index in [2.05, 4.69) is 0 Å². The van der Waals surface area contributed by atoms with Crippen molar-refractivity contribution in [2.24, 2.45) is 0 Å². The second-order valence-electron chi connectivity index (χ2n) is 5.40. The minimum atomic E-state index is -4.71. The quantitative estimate of drug-likeness (QED) is 0.501. The van der Waals surface area contributed by atoms with Gasteiger partial charge in [-0.2, -0.15) is 0 Å². The molecular weight excluding hydrogens is 311 g/mol. The maximum Gasteiger partial charge on any atom is 1.00 e. The Bertz CT molecular complexity index is 713. The third kappa shape index (κ3) is 3.64. The van der Waals surface area contributed by atoms with Crippen molar-refractivity contribution in [3.63, 3.8) is 0 Å².